The fraction of sp³-hybridized carbons (Fsp3) is 0.273. The molecule has 3 amide bonds. The first-order valence-electron chi connectivity index (χ1n) is 10.1. The highest BCUT2D eigenvalue weighted by molar-refractivity contribution is 7.80. The van der Waals surface area contributed by atoms with E-state index in [9.17, 15) is 14.4 Å². The van der Waals surface area contributed by atoms with Crippen LogP contribution in [0.1, 0.15) is 25.3 Å². The third kappa shape index (κ3) is 9.75. The van der Waals surface area contributed by atoms with Crippen LogP contribution in [-0.2, 0) is 14.4 Å². The summed E-state index contributed by atoms with van der Waals surface area (Å²) in [5.74, 6) is -0.0759. The predicted octanol–water partition coefficient (Wildman–Crippen LogP) is 2.87. The number of thiocarbonyl (C=S) groups is 1. The standard InChI is InChI=1S/C22H25ClN4O5S/c1-3-31-17-7-5-16(6-8-17)24-19(28)10-11-20(29)26-27-22(33)25-21(30)13-32-18-9-4-15(23)12-14(18)2/h4-9,12H,3,10-11,13H2,1-2H3,(H,24,28)(H,26,29)(H2,25,27,30,33). The third-order valence-corrected chi connectivity index (χ3v) is 4.53. The molecule has 176 valence electrons. The molecule has 4 N–H and O–H groups in total. The summed E-state index contributed by atoms with van der Waals surface area (Å²) < 4.78 is 10.8. The van der Waals surface area contributed by atoms with Gasteiger partial charge in [-0.25, -0.2) is 0 Å². The van der Waals surface area contributed by atoms with E-state index in [0.29, 0.717) is 28.8 Å². The number of hydrazine groups is 1. The van der Waals surface area contributed by atoms with Crippen molar-refractivity contribution in [3.05, 3.63) is 53.1 Å². The van der Waals surface area contributed by atoms with Gasteiger partial charge in [0.15, 0.2) is 11.7 Å². The van der Waals surface area contributed by atoms with Crippen LogP contribution in [0.25, 0.3) is 0 Å². The Morgan fingerprint density at radius 1 is 0.939 bits per heavy atom. The van der Waals surface area contributed by atoms with Gasteiger partial charge >= 0.3 is 0 Å². The molecule has 0 saturated heterocycles. The molecule has 9 nitrogen and oxygen atoms in total. The fourth-order valence-corrected chi connectivity index (χ4v) is 2.94. The van der Waals surface area contributed by atoms with E-state index in [4.69, 9.17) is 33.3 Å². The molecule has 0 aliphatic rings. The molecule has 2 aromatic rings. The summed E-state index contributed by atoms with van der Waals surface area (Å²) in [6, 6.07) is 11.9. The van der Waals surface area contributed by atoms with E-state index in [1.54, 1.807) is 49.4 Å². The van der Waals surface area contributed by atoms with E-state index >= 15 is 0 Å². The largest absolute Gasteiger partial charge is 0.494 e. The summed E-state index contributed by atoms with van der Waals surface area (Å²) in [5.41, 5.74) is 6.11. The van der Waals surface area contributed by atoms with Gasteiger partial charge < -0.3 is 14.8 Å². The number of aryl methyl sites for hydroxylation is 1. The second kappa shape index (κ2) is 13.2. The Kier molecular flexibility index (Phi) is 10.4. The van der Waals surface area contributed by atoms with Gasteiger partial charge in [-0.3, -0.25) is 30.6 Å². The minimum Gasteiger partial charge on any atom is -0.494 e. The maximum Gasteiger partial charge on any atom is 0.264 e. The van der Waals surface area contributed by atoms with Crippen LogP contribution in [0, 0.1) is 6.92 Å². The molecule has 0 aliphatic heterocycles. The first kappa shape index (κ1) is 25.9. The molecule has 0 atom stereocenters. The zero-order valence-corrected chi connectivity index (χ0v) is 19.8. The van der Waals surface area contributed by atoms with Crippen molar-refractivity contribution in [3.63, 3.8) is 0 Å². The van der Waals surface area contributed by atoms with Crippen LogP contribution in [0.15, 0.2) is 42.5 Å². The Labute approximate surface area is 202 Å². The summed E-state index contributed by atoms with van der Waals surface area (Å²) in [5, 5.41) is 5.53. The molecule has 0 unspecified atom stereocenters. The summed E-state index contributed by atoms with van der Waals surface area (Å²) in [4.78, 5) is 35.8. The second-order valence-corrected chi connectivity index (χ2v) is 7.60. The Bertz CT molecular complexity index is 1000. The normalized spacial score (nSPS) is 10.0. The van der Waals surface area contributed by atoms with Crippen molar-refractivity contribution in [1.29, 1.82) is 0 Å². The monoisotopic (exact) mass is 492 g/mol. The van der Waals surface area contributed by atoms with Gasteiger partial charge in [-0.05, 0) is 74.1 Å². The summed E-state index contributed by atoms with van der Waals surface area (Å²) in [6.07, 6.45) is -0.112. The van der Waals surface area contributed by atoms with Gasteiger partial charge in [0, 0.05) is 23.6 Å². The van der Waals surface area contributed by atoms with Crippen molar-refractivity contribution in [2.45, 2.75) is 26.7 Å². The highest BCUT2D eigenvalue weighted by atomic mass is 35.5. The van der Waals surface area contributed by atoms with Gasteiger partial charge in [0.2, 0.25) is 11.8 Å². The molecule has 0 aromatic heterocycles. The summed E-state index contributed by atoms with van der Waals surface area (Å²) in [6.45, 7) is 3.97. The molecule has 33 heavy (non-hydrogen) atoms. The minimum absolute atomic E-state index is 0.0336. The van der Waals surface area contributed by atoms with Crippen LogP contribution in [0.4, 0.5) is 5.69 Å². The van der Waals surface area contributed by atoms with Gasteiger partial charge in [-0.15, -0.1) is 0 Å². The van der Waals surface area contributed by atoms with Gasteiger partial charge in [0.25, 0.3) is 5.91 Å². The van der Waals surface area contributed by atoms with Crippen LogP contribution >= 0.6 is 23.8 Å². The molecule has 2 rings (SSSR count). The molecular weight excluding hydrogens is 468 g/mol. The summed E-state index contributed by atoms with van der Waals surface area (Å²) >= 11 is 10.8. The molecule has 0 heterocycles. The fourth-order valence-electron chi connectivity index (χ4n) is 2.55. The SMILES string of the molecule is CCOc1ccc(NC(=O)CCC(=O)NNC(=S)NC(=O)COc2ccc(Cl)cc2C)cc1. The molecule has 0 bridgehead atoms. The highest BCUT2D eigenvalue weighted by Crippen LogP contribution is 2.21. The smallest absolute Gasteiger partial charge is 0.264 e. The molecular formula is C22H25ClN4O5S. The van der Waals surface area contributed by atoms with Crippen LogP contribution in [0.3, 0.4) is 0 Å². The molecule has 11 heteroatoms. The van der Waals surface area contributed by atoms with E-state index in [0.717, 1.165) is 5.56 Å². The quantitative estimate of drug-likeness (QED) is 0.314. The molecule has 0 saturated carbocycles. The number of amides is 3. The van der Waals surface area contributed by atoms with Crippen molar-refractivity contribution < 1.29 is 23.9 Å². The molecule has 0 aliphatic carbocycles. The first-order valence-corrected chi connectivity index (χ1v) is 10.9. The van der Waals surface area contributed by atoms with Crippen molar-refractivity contribution in [1.82, 2.24) is 16.2 Å². The van der Waals surface area contributed by atoms with Gasteiger partial charge in [-0.1, -0.05) is 11.6 Å². The highest BCUT2D eigenvalue weighted by Gasteiger charge is 2.10. The van der Waals surface area contributed by atoms with Crippen molar-refractivity contribution in [2.75, 3.05) is 18.5 Å². The average molecular weight is 493 g/mol. The number of rotatable bonds is 9. The van der Waals surface area contributed by atoms with Crippen molar-refractivity contribution in [3.8, 4) is 11.5 Å². The molecule has 0 radical (unpaired) electrons. The van der Waals surface area contributed by atoms with E-state index < -0.39 is 11.8 Å². The van der Waals surface area contributed by atoms with Crippen molar-refractivity contribution >= 4 is 52.3 Å². The Morgan fingerprint density at radius 3 is 2.30 bits per heavy atom. The number of ether oxygens (including phenoxy) is 2. The lowest BCUT2D eigenvalue weighted by Crippen LogP contribution is -2.49. The lowest BCUT2D eigenvalue weighted by Gasteiger charge is -2.12. The van der Waals surface area contributed by atoms with Gasteiger partial charge in [0.05, 0.1) is 6.61 Å². The lowest BCUT2D eigenvalue weighted by atomic mass is 10.2. The van der Waals surface area contributed by atoms with Crippen LogP contribution in [0.5, 0.6) is 11.5 Å². The first-order chi connectivity index (χ1) is 15.8. The van der Waals surface area contributed by atoms with Gasteiger partial charge in [-0.2, -0.15) is 0 Å². The topological polar surface area (TPSA) is 118 Å². The maximum atomic E-state index is 12.0. The zero-order valence-electron chi connectivity index (χ0n) is 18.2. The number of halogens is 1. The van der Waals surface area contributed by atoms with E-state index in [2.05, 4.69) is 21.5 Å². The number of anilines is 1. The maximum absolute atomic E-state index is 12.0. The number of carbonyl (C=O) groups excluding carboxylic acids is 3. The molecule has 0 spiro atoms. The minimum atomic E-state index is -0.508. The number of hydrogen-bond donors (Lipinski definition) is 4. The van der Waals surface area contributed by atoms with E-state index in [1.807, 2.05) is 6.92 Å². The van der Waals surface area contributed by atoms with Crippen LogP contribution < -0.4 is 31.0 Å². The van der Waals surface area contributed by atoms with Gasteiger partial charge in [0.1, 0.15) is 11.5 Å². The van der Waals surface area contributed by atoms with E-state index in [1.165, 1.54) is 0 Å². The Morgan fingerprint density at radius 2 is 1.64 bits per heavy atom. The number of benzene rings is 2. The molecule has 2 aromatic carbocycles. The third-order valence-electron chi connectivity index (χ3n) is 4.09. The molecule has 0 fully saturated rings. The van der Waals surface area contributed by atoms with Crippen LogP contribution in [0.2, 0.25) is 5.02 Å². The average Bonchev–Trinajstić information content (AvgIpc) is 2.77. The summed E-state index contributed by atoms with van der Waals surface area (Å²) in [7, 11) is 0. The second-order valence-electron chi connectivity index (χ2n) is 6.75. The van der Waals surface area contributed by atoms with Crippen LogP contribution in [-0.4, -0.2) is 36.0 Å². The Balaban J connectivity index is 1.63. The van der Waals surface area contributed by atoms with E-state index in [-0.39, 0.29) is 30.5 Å². The predicted molar refractivity (Wildman–Crippen MR) is 129 cm³/mol. The number of hydrogen-bond acceptors (Lipinski definition) is 6. The Hall–Kier alpha value is -3.37. The number of nitrogens with one attached hydrogen (secondary N) is 4. The number of carbonyl (C=O) groups is 3. The zero-order chi connectivity index (χ0) is 24.2. The van der Waals surface area contributed by atoms with Crippen molar-refractivity contribution in [2.24, 2.45) is 0 Å². The lowest BCUT2D eigenvalue weighted by molar-refractivity contribution is -0.125.